The van der Waals surface area contributed by atoms with Crippen molar-refractivity contribution in [2.45, 2.75) is 33.4 Å². The van der Waals surface area contributed by atoms with Crippen molar-refractivity contribution in [2.24, 2.45) is 0 Å². The minimum Gasteiger partial charge on any atom is -0.465 e. The van der Waals surface area contributed by atoms with Crippen molar-refractivity contribution in [3.05, 3.63) is 40.0 Å². The first-order valence-electron chi connectivity index (χ1n) is 9.45. The van der Waals surface area contributed by atoms with Crippen molar-refractivity contribution in [3.8, 4) is 0 Å². The van der Waals surface area contributed by atoms with Crippen LogP contribution in [0.1, 0.15) is 51.2 Å². The van der Waals surface area contributed by atoms with Gasteiger partial charge in [-0.3, -0.25) is 9.69 Å². The highest BCUT2D eigenvalue weighted by atomic mass is 32.1. The van der Waals surface area contributed by atoms with E-state index in [0.717, 1.165) is 30.1 Å². The number of aromatic nitrogens is 1. The van der Waals surface area contributed by atoms with Crippen LogP contribution in [0.3, 0.4) is 0 Å². The largest absolute Gasteiger partial charge is 0.465 e. The molecule has 0 saturated carbocycles. The van der Waals surface area contributed by atoms with E-state index < -0.39 is 11.9 Å². The molecule has 1 aliphatic heterocycles. The second kappa shape index (κ2) is 8.79. The Kier molecular flexibility index (Phi) is 6.39. The van der Waals surface area contributed by atoms with Gasteiger partial charge >= 0.3 is 11.9 Å². The Morgan fingerprint density at radius 2 is 2.03 bits per heavy atom. The van der Waals surface area contributed by atoms with Crippen molar-refractivity contribution < 1.29 is 23.9 Å². The first-order valence-corrected chi connectivity index (χ1v) is 10.3. The summed E-state index contributed by atoms with van der Waals surface area (Å²) < 4.78 is 12.1. The highest BCUT2D eigenvalue weighted by molar-refractivity contribution is 7.18. The zero-order chi connectivity index (χ0) is 21.1. The van der Waals surface area contributed by atoms with Gasteiger partial charge < -0.3 is 19.4 Å². The number of fused-ring (bicyclic) bond motifs is 1. The molecular formula is C20H25N3O5S. The number of hydrogen-bond donors (Lipinski definition) is 1. The van der Waals surface area contributed by atoms with E-state index in [4.69, 9.17) is 9.47 Å². The Bertz CT molecular complexity index is 933. The van der Waals surface area contributed by atoms with Gasteiger partial charge in [-0.2, -0.15) is 0 Å². The molecule has 29 heavy (non-hydrogen) atoms. The minimum atomic E-state index is -0.573. The van der Waals surface area contributed by atoms with E-state index in [0.29, 0.717) is 10.6 Å². The SMILES string of the molecule is CCOC(=O)c1c(NC(=O)CN2CCn3cccc3C2C)sc(C(=O)OC)c1C. The third-order valence-corrected chi connectivity index (χ3v) is 6.25. The second-order valence-corrected chi connectivity index (χ2v) is 7.81. The van der Waals surface area contributed by atoms with E-state index >= 15 is 0 Å². The summed E-state index contributed by atoms with van der Waals surface area (Å²) in [6, 6.07) is 4.16. The molecule has 0 bridgehead atoms. The number of nitrogens with zero attached hydrogens (tertiary/aromatic N) is 2. The summed E-state index contributed by atoms with van der Waals surface area (Å²) in [5.41, 5.74) is 1.81. The Morgan fingerprint density at radius 3 is 2.72 bits per heavy atom. The number of esters is 2. The molecule has 3 rings (SSSR count). The van der Waals surface area contributed by atoms with Gasteiger partial charge in [0.05, 0.1) is 25.8 Å². The zero-order valence-electron chi connectivity index (χ0n) is 17.0. The van der Waals surface area contributed by atoms with Crippen molar-refractivity contribution >= 4 is 34.2 Å². The molecule has 0 fully saturated rings. The molecule has 8 nitrogen and oxygen atoms in total. The first kappa shape index (κ1) is 21.1. The maximum Gasteiger partial charge on any atom is 0.348 e. The molecule has 3 heterocycles. The van der Waals surface area contributed by atoms with Crippen LogP contribution < -0.4 is 5.32 Å². The number of carbonyl (C=O) groups is 3. The Labute approximate surface area is 173 Å². The Balaban J connectivity index is 1.79. The van der Waals surface area contributed by atoms with Crippen LogP contribution in [0.2, 0.25) is 0 Å². The summed E-state index contributed by atoms with van der Waals surface area (Å²) in [6.07, 6.45) is 2.04. The Hall–Kier alpha value is -2.65. The quantitative estimate of drug-likeness (QED) is 0.724. The van der Waals surface area contributed by atoms with Crippen molar-refractivity contribution in [1.82, 2.24) is 9.47 Å². The summed E-state index contributed by atoms with van der Waals surface area (Å²) in [6.45, 7) is 7.35. The van der Waals surface area contributed by atoms with Gasteiger partial charge in [0.1, 0.15) is 9.88 Å². The number of thiophene rings is 1. The highest BCUT2D eigenvalue weighted by Gasteiger charge is 2.29. The number of methoxy groups -OCH3 is 1. The average molecular weight is 420 g/mol. The molecule has 0 spiro atoms. The molecule has 0 aromatic carbocycles. The number of rotatable bonds is 6. The first-order chi connectivity index (χ1) is 13.9. The number of nitrogens with one attached hydrogen (secondary N) is 1. The predicted molar refractivity (Wildman–Crippen MR) is 109 cm³/mol. The topological polar surface area (TPSA) is 89.9 Å². The fourth-order valence-electron chi connectivity index (χ4n) is 3.53. The average Bonchev–Trinajstić information content (AvgIpc) is 3.28. The maximum atomic E-state index is 12.7. The summed E-state index contributed by atoms with van der Waals surface area (Å²) in [5, 5.41) is 3.10. The van der Waals surface area contributed by atoms with Crippen LogP contribution in [0.5, 0.6) is 0 Å². The van der Waals surface area contributed by atoms with E-state index in [1.807, 2.05) is 12.3 Å². The smallest absolute Gasteiger partial charge is 0.348 e. The van der Waals surface area contributed by atoms with Crippen LogP contribution in [-0.4, -0.2) is 54.1 Å². The fourth-order valence-corrected chi connectivity index (χ4v) is 4.66. The van der Waals surface area contributed by atoms with Gasteiger partial charge in [0.2, 0.25) is 5.91 Å². The van der Waals surface area contributed by atoms with E-state index in [2.05, 4.69) is 27.8 Å². The van der Waals surface area contributed by atoms with Crippen LogP contribution in [-0.2, 0) is 20.8 Å². The maximum absolute atomic E-state index is 12.7. The van der Waals surface area contributed by atoms with E-state index in [1.54, 1.807) is 13.8 Å². The van der Waals surface area contributed by atoms with Crippen molar-refractivity contribution in [2.75, 3.05) is 32.1 Å². The van der Waals surface area contributed by atoms with Crippen LogP contribution in [0.25, 0.3) is 0 Å². The molecule has 0 aliphatic carbocycles. The molecular weight excluding hydrogens is 394 g/mol. The van der Waals surface area contributed by atoms with Gasteiger partial charge in [0.15, 0.2) is 0 Å². The lowest BCUT2D eigenvalue weighted by Gasteiger charge is -2.34. The number of anilines is 1. The van der Waals surface area contributed by atoms with E-state index in [-0.39, 0.29) is 35.5 Å². The lowest BCUT2D eigenvalue weighted by atomic mass is 10.1. The molecule has 1 unspecified atom stereocenters. The third kappa shape index (κ3) is 4.20. The standard InChI is InChI=1S/C20H25N3O5S/c1-5-28-19(25)16-12(2)17(20(26)27-4)29-18(16)21-15(24)11-23-10-9-22-8-6-7-14(22)13(23)3/h6-8,13H,5,9-11H2,1-4H3,(H,21,24). The lowest BCUT2D eigenvalue weighted by Crippen LogP contribution is -2.41. The third-order valence-electron chi connectivity index (χ3n) is 5.07. The molecule has 1 aliphatic rings. The predicted octanol–water partition coefficient (Wildman–Crippen LogP) is 2.84. The number of hydrogen-bond acceptors (Lipinski definition) is 7. The zero-order valence-corrected chi connectivity index (χ0v) is 17.8. The molecule has 156 valence electrons. The van der Waals surface area contributed by atoms with Crippen molar-refractivity contribution in [1.29, 1.82) is 0 Å². The van der Waals surface area contributed by atoms with Gasteiger partial charge in [0, 0.05) is 31.0 Å². The second-order valence-electron chi connectivity index (χ2n) is 6.79. The van der Waals surface area contributed by atoms with E-state index in [9.17, 15) is 14.4 Å². The van der Waals surface area contributed by atoms with E-state index in [1.165, 1.54) is 7.11 Å². The molecule has 1 N–H and O–H groups in total. The molecule has 2 aromatic rings. The number of ether oxygens (including phenoxy) is 2. The van der Waals surface area contributed by atoms with Crippen molar-refractivity contribution in [3.63, 3.8) is 0 Å². The summed E-state index contributed by atoms with van der Waals surface area (Å²) in [4.78, 5) is 39.5. The van der Waals surface area contributed by atoms with Gasteiger partial charge in [-0.05, 0) is 38.5 Å². The van der Waals surface area contributed by atoms with Gasteiger partial charge in [-0.25, -0.2) is 9.59 Å². The van der Waals surface area contributed by atoms with Crippen LogP contribution in [0, 0.1) is 6.92 Å². The lowest BCUT2D eigenvalue weighted by molar-refractivity contribution is -0.118. The molecule has 1 amide bonds. The number of carbonyl (C=O) groups excluding carboxylic acids is 3. The summed E-state index contributed by atoms with van der Waals surface area (Å²) in [7, 11) is 1.28. The van der Waals surface area contributed by atoms with Crippen LogP contribution in [0.4, 0.5) is 5.00 Å². The van der Waals surface area contributed by atoms with Crippen LogP contribution in [0.15, 0.2) is 18.3 Å². The van der Waals surface area contributed by atoms with Gasteiger partial charge in [-0.15, -0.1) is 11.3 Å². The molecule has 1 atom stereocenters. The van der Waals surface area contributed by atoms with Crippen LogP contribution >= 0.6 is 11.3 Å². The monoisotopic (exact) mass is 419 g/mol. The molecule has 0 saturated heterocycles. The molecule has 0 radical (unpaired) electrons. The summed E-state index contributed by atoms with van der Waals surface area (Å²) in [5.74, 6) is -1.38. The molecule has 2 aromatic heterocycles. The highest BCUT2D eigenvalue weighted by Crippen LogP contribution is 2.34. The van der Waals surface area contributed by atoms with Gasteiger partial charge in [0.25, 0.3) is 0 Å². The summed E-state index contributed by atoms with van der Waals surface area (Å²) >= 11 is 1.02. The molecule has 9 heteroatoms. The number of amides is 1. The van der Waals surface area contributed by atoms with Gasteiger partial charge in [-0.1, -0.05) is 0 Å². The normalized spacial score (nSPS) is 16.2. The Morgan fingerprint density at radius 1 is 1.28 bits per heavy atom. The fraction of sp³-hybridized carbons (Fsp3) is 0.450. The minimum absolute atomic E-state index is 0.102.